The van der Waals surface area contributed by atoms with Crippen LogP contribution in [-0.4, -0.2) is 22.0 Å². The lowest BCUT2D eigenvalue weighted by molar-refractivity contribution is 0.416. The summed E-state index contributed by atoms with van der Waals surface area (Å²) in [5.74, 6) is 0.553. The smallest absolute Gasteiger partial charge is 0.301 e. The second kappa shape index (κ2) is 7.10. The van der Waals surface area contributed by atoms with Crippen LogP contribution in [0.2, 0.25) is 0 Å². The minimum Gasteiger partial charge on any atom is -0.494 e. The Morgan fingerprint density at radius 1 is 1.12 bits per heavy atom. The molecule has 1 aromatic heterocycles. The normalized spacial score (nSPS) is 10.9. The number of hydrogen-bond acceptors (Lipinski definition) is 5. The molecule has 0 fully saturated rings. The minimum absolute atomic E-state index is 0.0964. The van der Waals surface area contributed by atoms with Gasteiger partial charge in [0.25, 0.3) is 0 Å². The third-order valence-corrected chi connectivity index (χ3v) is 3.67. The van der Waals surface area contributed by atoms with Gasteiger partial charge in [0.05, 0.1) is 12.8 Å². The molecule has 0 aliphatic rings. The molecule has 0 spiro atoms. The number of rotatable bonds is 4. The average molecular weight is 353 g/mol. The van der Waals surface area contributed by atoms with Crippen molar-refractivity contribution in [2.24, 2.45) is 16.0 Å². The Kier molecular flexibility index (Phi) is 4.71. The van der Waals surface area contributed by atoms with Gasteiger partial charge in [-0.2, -0.15) is 4.68 Å². The van der Waals surface area contributed by atoms with Crippen LogP contribution in [0.15, 0.2) is 69.6 Å². The molecule has 8 heteroatoms. The van der Waals surface area contributed by atoms with Crippen molar-refractivity contribution in [3.05, 3.63) is 65.0 Å². The summed E-state index contributed by atoms with van der Waals surface area (Å²) < 4.78 is 6.30. The Morgan fingerprint density at radius 2 is 1.80 bits per heavy atom. The van der Waals surface area contributed by atoms with Crippen molar-refractivity contribution in [2.75, 3.05) is 7.11 Å². The maximum atomic E-state index is 12.6. The van der Waals surface area contributed by atoms with Gasteiger partial charge in [0.15, 0.2) is 10.8 Å². The van der Waals surface area contributed by atoms with Gasteiger partial charge in [-0.25, -0.2) is 0 Å². The molecule has 0 bridgehead atoms. The van der Waals surface area contributed by atoms with Crippen LogP contribution in [0.5, 0.6) is 5.75 Å². The molecule has 7 nitrogen and oxygen atoms in total. The Hall–Kier alpha value is -3.26. The lowest BCUT2D eigenvalue weighted by atomic mass is 10.1. The van der Waals surface area contributed by atoms with Crippen LogP contribution in [0.25, 0.3) is 11.3 Å². The molecule has 0 amide bonds. The zero-order valence-electron chi connectivity index (χ0n) is 13.3. The summed E-state index contributed by atoms with van der Waals surface area (Å²) in [5.41, 5.74) is 7.00. The molecule has 2 aromatic carbocycles. The van der Waals surface area contributed by atoms with Crippen molar-refractivity contribution < 1.29 is 4.74 Å². The maximum Gasteiger partial charge on any atom is 0.301 e. The highest BCUT2D eigenvalue weighted by Crippen LogP contribution is 2.30. The monoisotopic (exact) mass is 353 g/mol. The van der Waals surface area contributed by atoms with Crippen molar-refractivity contribution in [3.63, 3.8) is 0 Å². The molecular formula is C17H15N5O2S. The maximum absolute atomic E-state index is 12.6. The van der Waals surface area contributed by atoms with E-state index in [4.69, 9.17) is 22.7 Å². The highest BCUT2D eigenvalue weighted by Gasteiger charge is 2.17. The van der Waals surface area contributed by atoms with E-state index in [0.717, 1.165) is 10.2 Å². The Balaban J connectivity index is 2.13. The van der Waals surface area contributed by atoms with Crippen molar-refractivity contribution in [2.45, 2.75) is 0 Å². The standard InChI is InChI=1S/C17H15N5O2S/c1-24-13-10-6-5-9-12(13)19-20-15-14(11-7-3-2-4-8-11)21-22(16(15)23)17(18)25/h2-10,21H,1H3,(H2,18,25). The Morgan fingerprint density at radius 3 is 2.48 bits per heavy atom. The van der Waals surface area contributed by atoms with E-state index >= 15 is 0 Å². The molecule has 0 atom stereocenters. The van der Waals surface area contributed by atoms with E-state index in [0.29, 0.717) is 17.1 Å². The summed E-state index contributed by atoms with van der Waals surface area (Å²) in [6.45, 7) is 0. The molecule has 3 aromatic rings. The fourth-order valence-corrected chi connectivity index (χ4v) is 2.43. The fraction of sp³-hybridized carbons (Fsp3) is 0.0588. The van der Waals surface area contributed by atoms with Crippen molar-refractivity contribution in [1.29, 1.82) is 0 Å². The molecule has 0 radical (unpaired) electrons. The van der Waals surface area contributed by atoms with Gasteiger partial charge in [-0.05, 0) is 24.4 Å². The summed E-state index contributed by atoms with van der Waals surface area (Å²) >= 11 is 4.91. The van der Waals surface area contributed by atoms with Crippen LogP contribution in [0, 0.1) is 0 Å². The van der Waals surface area contributed by atoms with Crippen LogP contribution in [-0.2, 0) is 0 Å². The number of azo groups is 1. The number of aromatic nitrogens is 2. The average Bonchev–Trinajstić information content (AvgIpc) is 2.97. The molecule has 3 rings (SSSR count). The van der Waals surface area contributed by atoms with Crippen LogP contribution in [0.3, 0.4) is 0 Å². The van der Waals surface area contributed by atoms with E-state index in [9.17, 15) is 4.79 Å². The fourth-order valence-electron chi connectivity index (χ4n) is 2.30. The predicted molar refractivity (Wildman–Crippen MR) is 99.8 cm³/mol. The zero-order chi connectivity index (χ0) is 17.8. The van der Waals surface area contributed by atoms with Crippen LogP contribution in [0.4, 0.5) is 11.4 Å². The first-order valence-corrected chi connectivity index (χ1v) is 7.77. The van der Waals surface area contributed by atoms with Crippen LogP contribution in [0.1, 0.15) is 0 Å². The van der Waals surface area contributed by atoms with Crippen molar-refractivity contribution in [1.82, 2.24) is 9.78 Å². The van der Waals surface area contributed by atoms with Gasteiger partial charge in [-0.15, -0.1) is 10.2 Å². The molecular weight excluding hydrogens is 338 g/mol. The summed E-state index contributed by atoms with van der Waals surface area (Å²) in [6.07, 6.45) is 0. The van der Waals surface area contributed by atoms with Gasteiger partial charge < -0.3 is 10.5 Å². The lowest BCUT2D eigenvalue weighted by Crippen LogP contribution is -2.29. The number of nitrogens with one attached hydrogen (secondary N) is 1. The molecule has 0 aliphatic carbocycles. The molecule has 3 N–H and O–H groups in total. The first kappa shape index (κ1) is 16.6. The van der Waals surface area contributed by atoms with Gasteiger partial charge >= 0.3 is 5.56 Å². The van der Waals surface area contributed by atoms with E-state index < -0.39 is 5.56 Å². The highest BCUT2D eigenvalue weighted by atomic mass is 32.1. The quantitative estimate of drug-likeness (QED) is 0.555. The number of thiocarbonyl (C=S) groups is 1. The number of hydrogen-bond donors (Lipinski definition) is 2. The Labute approximate surface area is 148 Å². The summed E-state index contributed by atoms with van der Waals surface area (Å²) in [5, 5.41) is 11.1. The third-order valence-electron chi connectivity index (χ3n) is 3.49. The number of methoxy groups -OCH3 is 1. The second-order valence-electron chi connectivity index (χ2n) is 5.05. The van der Waals surface area contributed by atoms with Gasteiger partial charge in [0, 0.05) is 5.56 Å². The number of benzene rings is 2. The molecule has 25 heavy (non-hydrogen) atoms. The van der Waals surface area contributed by atoms with E-state index in [-0.39, 0.29) is 10.8 Å². The van der Waals surface area contributed by atoms with Crippen molar-refractivity contribution in [3.8, 4) is 17.0 Å². The predicted octanol–water partition coefficient (Wildman–Crippen LogP) is 3.36. The lowest BCUT2D eigenvalue weighted by Gasteiger charge is -2.02. The molecule has 0 unspecified atom stereocenters. The molecule has 126 valence electrons. The van der Waals surface area contributed by atoms with Crippen LogP contribution < -0.4 is 16.0 Å². The van der Waals surface area contributed by atoms with Gasteiger partial charge in [-0.1, -0.05) is 42.5 Å². The number of nitrogens with zero attached hydrogens (tertiary/aromatic N) is 3. The molecule has 1 heterocycles. The van der Waals surface area contributed by atoms with E-state index in [1.54, 1.807) is 25.3 Å². The SMILES string of the molecule is COc1ccccc1N=Nc1c(-c2ccccc2)[nH]n(C(N)=S)c1=O. The number of para-hydroxylation sites is 1. The molecule has 0 saturated heterocycles. The van der Waals surface area contributed by atoms with Gasteiger partial charge in [0.1, 0.15) is 11.4 Å². The first-order chi connectivity index (χ1) is 12.1. The minimum atomic E-state index is -0.468. The number of H-pyrrole nitrogens is 1. The number of nitrogens with two attached hydrogens (primary N) is 1. The van der Waals surface area contributed by atoms with E-state index in [1.165, 1.54) is 0 Å². The highest BCUT2D eigenvalue weighted by molar-refractivity contribution is 7.80. The van der Waals surface area contributed by atoms with Crippen molar-refractivity contribution >= 4 is 28.7 Å². The second-order valence-corrected chi connectivity index (χ2v) is 5.47. The summed E-state index contributed by atoms with van der Waals surface area (Å²) in [7, 11) is 1.54. The summed E-state index contributed by atoms with van der Waals surface area (Å²) in [6, 6.07) is 16.4. The third kappa shape index (κ3) is 3.33. The number of aromatic amines is 1. The largest absolute Gasteiger partial charge is 0.494 e. The topological polar surface area (TPSA) is 97.8 Å². The van der Waals surface area contributed by atoms with Gasteiger partial charge in [-0.3, -0.25) is 9.89 Å². The Bertz CT molecular complexity index is 992. The van der Waals surface area contributed by atoms with E-state index in [1.807, 2.05) is 36.4 Å². The van der Waals surface area contributed by atoms with E-state index in [2.05, 4.69) is 15.3 Å². The first-order valence-electron chi connectivity index (χ1n) is 7.37. The van der Waals surface area contributed by atoms with Gasteiger partial charge in [0.2, 0.25) is 0 Å². The number of ether oxygens (including phenoxy) is 1. The molecule has 0 aliphatic heterocycles. The zero-order valence-corrected chi connectivity index (χ0v) is 14.2. The molecule has 0 saturated carbocycles. The van der Waals surface area contributed by atoms with Crippen LogP contribution >= 0.6 is 12.2 Å². The summed E-state index contributed by atoms with van der Waals surface area (Å²) in [4.78, 5) is 12.6.